The summed E-state index contributed by atoms with van der Waals surface area (Å²) >= 11 is 5.07. The number of benzene rings is 1. The predicted octanol–water partition coefficient (Wildman–Crippen LogP) is 3.48. The molecule has 0 spiro atoms. The summed E-state index contributed by atoms with van der Waals surface area (Å²) in [6.07, 6.45) is 6.66. The molecule has 2 rings (SSSR count). The average Bonchev–Trinajstić information content (AvgIpc) is 2.31. The van der Waals surface area contributed by atoms with E-state index in [2.05, 4.69) is 0 Å². The lowest BCUT2D eigenvalue weighted by molar-refractivity contribution is 0.108. The second kappa shape index (κ2) is 7.41. The molecule has 1 saturated carbocycles. The first-order valence-electron chi connectivity index (χ1n) is 5.80. The highest BCUT2D eigenvalue weighted by molar-refractivity contribution is 6.67. The standard InChI is InChI=1S/C7H4ClFO.C6H13N/c8-7(10)5-2-1-3-6(9)4-5;7-6-4-2-1-3-5-6/h1-4H;6H,1-5,7H2. The molecule has 0 heterocycles. The van der Waals surface area contributed by atoms with Gasteiger partial charge in [0.2, 0.25) is 0 Å². The summed E-state index contributed by atoms with van der Waals surface area (Å²) < 4.78 is 12.3. The third-order valence-corrected chi connectivity index (χ3v) is 2.92. The quantitative estimate of drug-likeness (QED) is 0.783. The highest BCUT2D eigenvalue weighted by Gasteiger charge is 2.06. The van der Waals surface area contributed by atoms with Crippen molar-refractivity contribution in [1.82, 2.24) is 0 Å². The number of rotatable bonds is 1. The topological polar surface area (TPSA) is 43.1 Å². The van der Waals surface area contributed by atoms with E-state index in [1.54, 1.807) is 0 Å². The van der Waals surface area contributed by atoms with Crippen molar-refractivity contribution in [2.45, 2.75) is 38.1 Å². The lowest BCUT2D eigenvalue weighted by Gasteiger charge is -2.15. The van der Waals surface area contributed by atoms with Gasteiger partial charge in [-0.15, -0.1) is 0 Å². The SMILES string of the molecule is NC1CCCCC1.O=C(Cl)c1cccc(F)c1. The molecule has 1 aliphatic rings. The molecule has 0 unspecified atom stereocenters. The predicted molar refractivity (Wildman–Crippen MR) is 67.6 cm³/mol. The molecule has 0 bridgehead atoms. The summed E-state index contributed by atoms with van der Waals surface area (Å²) in [7, 11) is 0. The largest absolute Gasteiger partial charge is 0.328 e. The molecule has 0 amide bonds. The van der Waals surface area contributed by atoms with Crippen LogP contribution in [0.4, 0.5) is 4.39 Å². The molecule has 2 N–H and O–H groups in total. The van der Waals surface area contributed by atoms with Gasteiger partial charge in [-0.2, -0.15) is 0 Å². The van der Waals surface area contributed by atoms with Crippen LogP contribution in [0.1, 0.15) is 42.5 Å². The van der Waals surface area contributed by atoms with Gasteiger partial charge in [0.1, 0.15) is 5.82 Å². The van der Waals surface area contributed by atoms with Crippen molar-refractivity contribution >= 4 is 16.8 Å². The Labute approximate surface area is 106 Å². The number of carbonyl (C=O) groups excluding carboxylic acids is 1. The summed E-state index contributed by atoms with van der Waals surface area (Å²) in [5, 5.41) is -0.639. The van der Waals surface area contributed by atoms with E-state index in [1.807, 2.05) is 0 Å². The van der Waals surface area contributed by atoms with Crippen LogP contribution in [-0.2, 0) is 0 Å². The molecular weight excluding hydrogens is 241 g/mol. The molecule has 0 aliphatic heterocycles. The zero-order valence-electron chi connectivity index (χ0n) is 9.66. The van der Waals surface area contributed by atoms with Crippen LogP contribution in [0.5, 0.6) is 0 Å². The molecule has 0 aromatic heterocycles. The van der Waals surface area contributed by atoms with Crippen LogP contribution in [0.25, 0.3) is 0 Å². The molecule has 0 atom stereocenters. The van der Waals surface area contributed by atoms with E-state index in [0.717, 1.165) is 6.07 Å². The zero-order chi connectivity index (χ0) is 12.7. The summed E-state index contributed by atoms with van der Waals surface area (Å²) in [4.78, 5) is 10.4. The molecule has 4 heteroatoms. The Bertz CT molecular complexity index is 364. The van der Waals surface area contributed by atoms with E-state index in [0.29, 0.717) is 6.04 Å². The minimum Gasteiger partial charge on any atom is -0.328 e. The van der Waals surface area contributed by atoms with Gasteiger partial charge in [-0.25, -0.2) is 4.39 Å². The minimum absolute atomic E-state index is 0.182. The average molecular weight is 258 g/mol. The zero-order valence-corrected chi connectivity index (χ0v) is 10.4. The third-order valence-electron chi connectivity index (χ3n) is 2.70. The van der Waals surface area contributed by atoms with Crippen molar-refractivity contribution in [2.75, 3.05) is 0 Å². The highest BCUT2D eigenvalue weighted by Crippen LogP contribution is 2.14. The van der Waals surface area contributed by atoms with Crippen LogP contribution in [0.15, 0.2) is 24.3 Å². The summed E-state index contributed by atoms with van der Waals surface area (Å²) in [6.45, 7) is 0. The Balaban J connectivity index is 0.000000181. The number of nitrogens with two attached hydrogens (primary N) is 1. The molecule has 0 saturated heterocycles. The van der Waals surface area contributed by atoms with Crippen LogP contribution < -0.4 is 5.73 Å². The van der Waals surface area contributed by atoms with Gasteiger partial charge in [0.15, 0.2) is 0 Å². The Morgan fingerprint density at radius 2 is 1.94 bits per heavy atom. The van der Waals surface area contributed by atoms with Gasteiger partial charge >= 0.3 is 0 Å². The summed E-state index contributed by atoms with van der Waals surface area (Å²) in [5.74, 6) is -0.452. The highest BCUT2D eigenvalue weighted by atomic mass is 35.5. The van der Waals surface area contributed by atoms with Gasteiger partial charge in [-0.05, 0) is 42.6 Å². The maximum absolute atomic E-state index is 12.3. The smallest absolute Gasteiger partial charge is 0.252 e. The Morgan fingerprint density at radius 3 is 2.29 bits per heavy atom. The van der Waals surface area contributed by atoms with E-state index in [-0.39, 0.29) is 5.56 Å². The number of carbonyl (C=O) groups is 1. The van der Waals surface area contributed by atoms with Gasteiger partial charge in [-0.3, -0.25) is 4.79 Å². The fourth-order valence-corrected chi connectivity index (χ4v) is 1.86. The van der Waals surface area contributed by atoms with Crippen LogP contribution in [0, 0.1) is 5.82 Å². The Kier molecular flexibility index (Phi) is 6.16. The second-order valence-electron chi connectivity index (χ2n) is 4.18. The van der Waals surface area contributed by atoms with Gasteiger partial charge in [0, 0.05) is 11.6 Å². The first-order valence-corrected chi connectivity index (χ1v) is 6.18. The van der Waals surface area contributed by atoms with Crippen molar-refractivity contribution in [3.8, 4) is 0 Å². The molecule has 1 aromatic carbocycles. The molecule has 1 aliphatic carbocycles. The molecule has 1 fully saturated rings. The van der Waals surface area contributed by atoms with Gasteiger partial charge < -0.3 is 5.73 Å². The van der Waals surface area contributed by atoms with Gasteiger partial charge in [0.05, 0.1) is 0 Å². The molecule has 94 valence electrons. The van der Waals surface area contributed by atoms with Crippen LogP contribution >= 0.6 is 11.6 Å². The van der Waals surface area contributed by atoms with E-state index >= 15 is 0 Å². The molecular formula is C13H17ClFNO. The summed E-state index contributed by atoms with van der Waals surface area (Å²) in [6, 6.07) is 5.77. The van der Waals surface area contributed by atoms with Crippen LogP contribution in [-0.4, -0.2) is 11.3 Å². The fraction of sp³-hybridized carbons (Fsp3) is 0.462. The van der Waals surface area contributed by atoms with Gasteiger partial charge in [-0.1, -0.05) is 25.3 Å². The maximum Gasteiger partial charge on any atom is 0.252 e. The lowest BCUT2D eigenvalue weighted by atomic mass is 9.97. The monoisotopic (exact) mass is 257 g/mol. The second-order valence-corrected chi connectivity index (χ2v) is 4.53. The fourth-order valence-electron chi connectivity index (χ4n) is 1.74. The number of halogens is 2. The Morgan fingerprint density at radius 1 is 1.29 bits per heavy atom. The molecule has 2 nitrogen and oxygen atoms in total. The Hall–Kier alpha value is -0.930. The minimum atomic E-state index is -0.639. The van der Waals surface area contributed by atoms with E-state index in [4.69, 9.17) is 17.3 Å². The van der Waals surface area contributed by atoms with Crippen molar-refractivity contribution < 1.29 is 9.18 Å². The van der Waals surface area contributed by atoms with Gasteiger partial charge in [0.25, 0.3) is 5.24 Å². The number of hydrogen-bond acceptors (Lipinski definition) is 2. The first kappa shape index (κ1) is 14.1. The van der Waals surface area contributed by atoms with Crippen molar-refractivity contribution in [2.24, 2.45) is 5.73 Å². The summed E-state index contributed by atoms with van der Waals surface area (Å²) in [5.41, 5.74) is 5.82. The van der Waals surface area contributed by atoms with Crippen molar-refractivity contribution in [3.05, 3.63) is 35.6 Å². The van der Waals surface area contributed by atoms with E-state index < -0.39 is 11.1 Å². The van der Waals surface area contributed by atoms with E-state index in [1.165, 1.54) is 50.3 Å². The normalized spacial score (nSPS) is 15.9. The van der Waals surface area contributed by atoms with E-state index in [9.17, 15) is 9.18 Å². The van der Waals surface area contributed by atoms with Crippen molar-refractivity contribution in [1.29, 1.82) is 0 Å². The first-order chi connectivity index (χ1) is 8.09. The third kappa shape index (κ3) is 5.80. The molecule has 17 heavy (non-hydrogen) atoms. The lowest BCUT2D eigenvalue weighted by Crippen LogP contribution is -2.22. The molecule has 1 aromatic rings. The molecule has 0 radical (unpaired) electrons. The number of hydrogen-bond donors (Lipinski definition) is 1. The van der Waals surface area contributed by atoms with Crippen LogP contribution in [0.3, 0.4) is 0 Å². The maximum atomic E-state index is 12.3. The van der Waals surface area contributed by atoms with Crippen LogP contribution in [0.2, 0.25) is 0 Å². The van der Waals surface area contributed by atoms with Crippen molar-refractivity contribution in [3.63, 3.8) is 0 Å².